The van der Waals surface area contributed by atoms with Crippen molar-refractivity contribution in [1.82, 2.24) is 14.5 Å². The number of nitrogens with one attached hydrogen (secondary N) is 2. The fraction of sp³-hybridized carbons (Fsp3) is 0. The summed E-state index contributed by atoms with van der Waals surface area (Å²) in [6, 6.07) is 22.3. The van der Waals surface area contributed by atoms with Gasteiger partial charge in [-0.2, -0.15) is 0 Å². The van der Waals surface area contributed by atoms with Crippen LogP contribution in [0.1, 0.15) is 0 Å². The molecule has 0 aliphatic carbocycles. The molecule has 214 valence electrons. The molecule has 0 aliphatic heterocycles. The van der Waals surface area contributed by atoms with Crippen molar-refractivity contribution in [2.45, 2.75) is 0 Å². The molecular weight excluding hydrogens is 625 g/mol. The van der Waals surface area contributed by atoms with Gasteiger partial charge in [-0.05, 0) is 84.9 Å². The fourth-order valence-corrected chi connectivity index (χ4v) is 5.39. The molecule has 2 aromatic heterocycles. The van der Waals surface area contributed by atoms with E-state index >= 15 is 0 Å². The van der Waals surface area contributed by atoms with Crippen LogP contribution in [0.2, 0.25) is 15.1 Å². The Balaban J connectivity index is 1.48. The maximum absolute atomic E-state index is 13.8. The Morgan fingerprint density at radius 2 is 0.864 bits per heavy atom. The summed E-state index contributed by atoms with van der Waals surface area (Å²) >= 11 is 18.1. The number of hydrogen-bond donors (Lipinski definition) is 2. The molecule has 0 bridgehead atoms. The van der Waals surface area contributed by atoms with Gasteiger partial charge in [0.05, 0.1) is 16.5 Å². The lowest BCUT2D eigenvalue weighted by Crippen LogP contribution is -2.23. The average Bonchev–Trinajstić information content (AvgIpc) is 3.26. The second-order valence-corrected chi connectivity index (χ2v) is 11.2. The van der Waals surface area contributed by atoms with E-state index in [1.807, 2.05) is 0 Å². The van der Waals surface area contributed by atoms with Crippen LogP contribution in [-0.2, 0) is 0 Å². The minimum Gasteiger partial charge on any atom is -0.337 e. The van der Waals surface area contributed by atoms with E-state index in [2.05, 4.69) is 20.6 Å². The SMILES string of the molecule is O=c1c2cc3c(=O)n(-c4ccc(Cl)cc4)c(=O)c3cc2c(=O)c2nc(Nc3ccc(Cl)cc3)c(Nc3ccc(Cl)cc3)nc12. The molecule has 0 radical (unpaired) electrons. The minimum atomic E-state index is -0.625. The van der Waals surface area contributed by atoms with Gasteiger partial charge in [0, 0.05) is 37.2 Å². The summed E-state index contributed by atoms with van der Waals surface area (Å²) in [5.41, 5.74) is -1.39. The number of fused-ring (bicyclic) bond motifs is 3. The number of nitrogens with zero attached hydrogens (tertiary/aromatic N) is 3. The van der Waals surface area contributed by atoms with Crippen molar-refractivity contribution in [3.05, 3.63) is 141 Å². The highest BCUT2D eigenvalue weighted by Crippen LogP contribution is 2.28. The van der Waals surface area contributed by atoms with Gasteiger partial charge >= 0.3 is 0 Å². The van der Waals surface area contributed by atoms with E-state index in [1.165, 1.54) is 24.3 Å². The van der Waals surface area contributed by atoms with Gasteiger partial charge in [-0.1, -0.05) is 34.8 Å². The molecule has 44 heavy (non-hydrogen) atoms. The fourth-order valence-electron chi connectivity index (χ4n) is 5.01. The van der Waals surface area contributed by atoms with Crippen LogP contribution in [0, 0.1) is 0 Å². The average molecular weight is 641 g/mol. The second-order valence-electron chi connectivity index (χ2n) is 9.91. The molecule has 0 aliphatic rings. The molecule has 0 saturated carbocycles. The first-order chi connectivity index (χ1) is 21.2. The minimum absolute atomic E-state index is 0.00166. The third-order valence-electron chi connectivity index (χ3n) is 7.14. The van der Waals surface area contributed by atoms with E-state index < -0.39 is 22.0 Å². The topological polar surface area (TPSA) is 123 Å². The van der Waals surface area contributed by atoms with Crippen molar-refractivity contribution in [2.24, 2.45) is 0 Å². The van der Waals surface area contributed by atoms with Crippen LogP contribution in [0.3, 0.4) is 0 Å². The smallest absolute Gasteiger partial charge is 0.266 e. The largest absolute Gasteiger partial charge is 0.337 e. The Labute approximate surface area is 261 Å². The van der Waals surface area contributed by atoms with Gasteiger partial charge in [0.2, 0.25) is 10.9 Å². The highest BCUT2D eigenvalue weighted by atomic mass is 35.5. The first-order valence-corrected chi connectivity index (χ1v) is 14.2. The van der Waals surface area contributed by atoms with Gasteiger partial charge in [0.25, 0.3) is 11.1 Å². The standard InChI is InChI=1S/C32H16Cl3N5O4/c33-15-1-7-18(8-2-15)36-29-30(37-19-9-3-16(34)4-10-19)39-26-25(38-29)27(41)21-13-23-24(14-22(21)28(26)42)32(44)40(31(23)43)20-11-5-17(35)6-12-20/h1-14H,(H,36,38)(H,37,39). The maximum atomic E-state index is 13.8. The van der Waals surface area contributed by atoms with Crippen LogP contribution >= 0.6 is 34.8 Å². The summed E-state index contributed by atoms with van der Waals surface area (Å²) in [7, 11) is 0. The van der Waals surface area contributed by atoms with E-state index in [0.29, 0.717) is 32.1 Å². The van der Waals surface area contributed by atoms with Crippen LogP contribution in [0.4, 0.5) is 23.0 Å². The maximum Gasteiger partial charge on any atom is 0.266 e. The molecule has 0 spiro atoms. The van der Waals surface area contributed by atoms with Crippen molar-refractivity contribution >= 4 is 90.4 Å². The molecule has 12 heteroatoms. The quantitative estimate of drug-likeness (QED) is 0.205. The third kappa shape index (κ3) is 4.67. The van der Waals surface area contributed by atoms with Gasteiger partial charge in [-0.25, -0.2) is 14.5 Å². The third-order valence-corrected chi connectivity index (χ3v) is 7.89. The van der Waals surface area contributed by atoms with Crippen LogP contribution in [0.15, 0.2) is 104 Å². The molecule has 0 saturated heterocycles. The molecule has 0 atom stereocenters. The summed E-state index contributed by atoms with van der Waals surface area (Å²) in [4.78, 5) is 63.4. The van der Waals surface area contributed by atoms with Crippen molar-refractivity contribution in [3.63, 3.8) is 0 Å². The van der Waals surface area contributed by atoms with E-state index in [4.69, 9.17) is 34.8 Å². The Kier molecular flexibility index (Phi) is 6.66. The Bertz CT molecular complexity index is 2340. The predicted octanol–water partition coefficient (Wildman–Crippen LogP) is 6.49. The summed E-state index contributed by atoms with van der Waals surface area (Å²) < 4.78 is 0.979. The van der Waals surface area contributed by atoms with Crippen LogP contribution in [0.5, 0.6) is 0 Å². The zero-order valence-corrected chi connectivity index (χ0v) is 24.5. The predicted molar refractivity (Wildman–Crippen MR) is 176 cm³/mol. The molecule has 0 fully saturated rings. The van der Waals surface area contributed by atoms with Crippen molar-refractivity contribution < 1.29 is 0 Å². The Hall–Kier alpha value is -5.09. The summed E-state index contributed by atoms with van der Waals surface area (Å²) in [5, 5.41) is 7.64. The van der Waals surface area contributed by atoms with Gasteiger partial charge < -0.3 is 10.6 Å². The second kappa shape index (κ2) is 10.6. The van der Waals surface area contributed by atoms with Gasteiger partial charge in [0.1, 0.15) is 11.0 Å². The number of benzene rings is 5. The van der Waals surface area contributed by atoms with Crippen LogP contribution in [-0.4, -0.2) is 14.5 Å². The lowest BCUT2D eigenvalue weighted by atomic mass is 10.0. The van der Waals surface area contributed by atoms with E-state index in [9.17, 15) is 19.2 Å². The normalized spacial score (nSPS) is 11.4. The monoisotopic (exact) mass is 639 g/mol. The molecule has 2 heterocycles. The number of anilines is 4. The highest BCUT2D eigenvalue weighted by molar-refractivity contribution is 6.31. The van der Waals surface area contributed by atoms with E-state index in [1.54, 1.807) is 60.7 Å². The zero-order valence-electron chi connectivity index (χ0n) is 22.2. The van der Waals surface area contributed by atoms with E-state index in [-0.39, 0.29) is 44.2 Å². The summed E-state index contributed by atoms with van der Waals surface area (Å²) in [6.07, 6.45) is 0. The molecule has 0 unspecified atom stereocenters. The van der Waals surface area contributed by atoms with Gasteiger partial charge in [0.15, 0.2) is 11.6 Å². The summed E-state index contributed by atoms with van der Waals surface area (Å²) in [5.74, 6) is 0.318. The molecule has 9 nitrogen and oxygen atoms in total. The zero-order chi connectivity index (χ0) is 30.7. The van der Waals surface area contributed by atoms with Crippen molar-refractivity contribution in [1.29, 1.82) is 0 Å². The van der Waals surface area contributed by atoms with Crippen LogP contribution < -0.4 is 32.6 Å². The number of hydrogen-bond acceptors (Lipinski definition) is 8. The first kappa shape index (κ1) is 27.7. The molecule has 7 aromatic rings. The number of rotatable bonds is 5. The number of aromatic nitrogens is 3. The van der Waals surface area contributed by atoms with Crippen molar-refractivity contribution in [2.75, 3.05) is 10.6 Å². The van der Waals surface area contributed by atoms with Crippen molar-refractivity contribution in [3.8, 4) is 5.69 Å². The Morgan fingerprint density at radius 1 is 0.500 bits per heavy atom. The molecule has 2 N–H and O–H groups in total. The number of halogens is 3. The van der Waals surface area contributed by atoms with Gasteiger partial charge in [-0.3, -0.25) is 19.2 Å². The van der Waals surface area contributed by atoms with Crippen LogP contribution in [0.25, 0.3) is 38.3 Å². The van der Waals surface area contributed by atoms with E-state index in [0.717, 1.165) is 4.57 Å². The molecule has 0 amide bonds. The summed E-state index contributed by atoms with van der Waals surface area (Å²) in [6.45, 7) is 0. The lowest BCUT2D eigenvalue weighted by Gasteiger charge is -2.14. The molecular formula is C32H16Cl3N5O4. The first-order valence-electron chi connectivity index (χ1n) is 13.1. The Morgan fingerprint density at radius 3 is 1.25 bits per heavy atom. The molecule has 7 rings (SSSR count). The van der Waals surface area contributed by atoms with Gasteiger partial charge in [-0.15, -0.1) is 0 Å². The lowest BCUT2D eigenvalue weighted by molar-refractivity contribution is 0.991. The highest BCUT2D eigenvalue weighted by Gasteiger charge is 2.22. The molecule has 5 aromatic carbocycles.